The Kier molecular flexibility index (Phi) is 9.75. The van der Waals surface area contributed by atoms with E-state index in [-0.39, 0.29) is 59.6 Å². The second-order valence-electron chi connectivity index (χ2n) is 11.0. The first-order valence-electron chi connectivity index (χ1n) is 14.0. The molecule has 1 fully saturated rings. The summed E-state index contributed by atoms with van der Waals surface area (Å²) in [5, 5.41) is 13.0. The van der Waals surface area contributed by atoms with Crippen LogP contribution in [0.2, 0.25) is 0 Å². The quantitative estimate of drug-likeness (QED) is 0.429. The van der Waals surface area contributed by atoms with Crippen LogP contribution in [0.15, 0.2) is 47.4 Å². The number of aliphatic hydroxyl groups is 1. The number of aliphatic hydroxyl groups excluding tert-OH is 1. The molecule has 2 aliphatic rings. The number of halogens is 1. The number of carbonyl (C=O) groups is 2. The van der Waals surface area contributed by atoms with E-state index >= 15 is 0 Å². The number of carbonyl (C=O) groups excluding carboxylic acids is 2. The smallest absolute Gasteiger partial charge is 0.317 e. The number of rotatable bonds is 8. The van der Waals surface area contributed by atoms with E-state index in [9.17, 15) is 27.5 Å². The Hall–Kier alpha value is -3.38. The lowest BCUT2D eigenvalue weighted by Gasteiger charge is -2.38. The van der Waals surface area contributed by atoms with E-state index in [4.69, 9.17) is 4.74 Å². The summed E-state index contributed by atoms with van der Waals surface area (Å²) >= 11 is 0. The Morgan fingerprint density at radius 3 is 2.51 bits per heavy atom. The second-order valence-corrected chi connectivity index (χ2v) is 12.7. The van der Waals surface area contributed by atoms with Crippen molar-refractivity contribution in [2.75, 3.05) is 31.5 Å². The lowest BCUT2D eigenvalue weighted by molar-refractivity contribution is 0.0368. The average Bonchev–Trinajstić information content (AvgIpc) is 2.95. The molecule has 0 radical (unpaired) electrons. The minimum Gasteiger partial charge on any atom is -0.485 e. The van der Waals surface area contributed by atoms with Crippen LogP contribution in [0.1, 0.15) is 56.3 Å². The first kappa shape index (κ1) is 30.6. The van der Waals surface area contributed by atoms with Crippen molar-refractivity contribution >= 4 is 27.6 Å². The molecule has 0 unspecified atom stereocenters. The van der Waals surface area contributed by atoms with E-state index in [1.54, 1.807) is 23.8 Å². The minimum atomic E-state index is -4.16. The van der Waals surface area contributed by atoms with E-state index in [0.29, 0.717) is 0 Å². The zero-order chi connectivity index (χ0) is 29.7. The number of nitrogens with one attached hydrogen (secondary N) is 2. The van der Waals surface area contributed by atoms with Crippen LogP contribution < -0.4 is 14.8 Å². The molecule has 3 amide bonds. The molecule has 0 saturated heterocycles. The maximum absolute atomic E-state index is 13.7. The predicted octanol–water partition coefficient (Wildman–Crippen LogP) is 3.82. The number of benzene rings is 2. The number of amides is 3. The number of sulfonamides is 1. The molecule has 224 valence electrons. The van der Waals surface area contributed by atoms with Gasteiger partial charge in [-0.1, -0.05) is 32.3 Å². The maximum Gasteiger partial charge on any atom is 0.317 e. The summed E-state index contributed by atoms with van der Waals surface area (Å²) in [6.07, 6.45) is 4.60. The van der Waals surface area contributed by atoms with Crippen LogP contribution in [0.5, 0.6) is 5.75 Å². The molecule has 1 heterocycles. The summed E-state index contributed by atoms with van der Waals surface area (Å²) < 4.78 is 48.7. The Morgan fingerprint density at radius 2 is 1.85 bits per heavy atom. The van der Waals surface area contributed by atoms with Crippen LogP contribution in [-0.2, 0) is 10.0 Å². The van der Waals surface area contributed by atoms with E-state index in [0.717, 1.165) is 49.9 Å². The van der Waals surface area contributed by atoms with Crippen molar-refractivity contribution in [3.63, 3.8) is 0 Å². The zero-order valence-electron chi connectivity index (χ0n) is 23.7. The van der Waals surface area contributed by atoms with Crippen molar-refractivity contribution in [3.05, 3.63) is 53.8 Å². The van der Waals surface area contributed by atoms with Gasteiger partial charge in [0, 0.05) is 25.6 Å². The number of hydrogen-bond donors (Lipinski definition) is 3. The topological polar surface area (TPSA) is 128 Å². The fourth-order valence-corrected chi connectivity index (χ4v) is 6.31. The molecule has 41 heavy (non-hydrogen) atoms. The Labute approximate surface area is 240 Å². The molecule has 10 nitrogen and oxygen atoms in total. The molecule has 0 bridgehead atoms. The lowest BCUT2D eigenvalue weighted by atomic mass is 9.96. The van der Waals surface area contributed by atoms with Gasteiger partial charge in [0.05, 0.1) is 35.3 Å². The first-order valence-corrected chi connectivity index (χ1v) is 15.5. The Balaban J connectivity index is 1.66. The van der Waals surface area contributed by atoms with Crippen molar-refractivity contribution in [2.45, 2.75) is 69.0 Å². The van der Waals surface area contributed by atoms with Gasteiger partial charge in [-0.2, -0.15) is 0 Å². The normalized spacial score (nSPS) is 20.7. The summed E-state index contributed by atoms with van der Waals surface area (Å²) in [6, 6.07) is 8.33. The standard InChI is InChI=1S/C29H39FN4O6S/c1-19-16-34(20(2)18-35)28(36)24-10-7-11-25(32-41(38,39)23-14-12-21(30)13-15-23)27(24)40-26(19)17-33(3)29(37)31-22-8-5-4-6-9-22/h7,10-15,19-20,22,26,32,35H,4-6,8-9,16-18H2,1-3H3,(H,31,37)/t19-,20-,26-/m0/s1. The van der Waals surface area contributed by atoms with Gasteiger partial charge in [0.1, 0.15) is 11.9 Å². The zero-order valence-corrected chi connectivity index (χ0v) is 24.5. The molecule has 3 atom stereocenters. The number of nitrogens with zero attached hydrogens (tertiary/aromatic N) is 2. The van der Waals surface area contributed by atoms with Gasteiger partial charge >= 0.3 is 6.03 Å². The number of para-hydroxylation sites is 1. The monoisotopic (exact) mass is 590 g/mol. The Morgan fingerprint density at radius 1 is 1.17 bits per heavy atom. The van der Waals surface area contributed by atoms with Gasteiger partial charge in [-0.05, 0) is 56.2 Å². The third kappa shape index (κ3) is 7.28. The van der Waals surface area contributed by atoms with E-state index in [2.05, 4.69) is 10.0 Å². The van der Waals surface area contributed by atoms with Crippen molar-refractivity contribution < 1.29 is 32.2 Å². The molecule has 2 aromatic rings. The van der Waals surface area contributed by atoms with Crippen LogP contribution >= 0.6 is 0 Å². The number of ether oxygens (including phenoxy) is 1. The molecular weight excluding hydrogens is 551 g/mol. The molecule has 4 rings (SSSR count). The number of likely N-dealkylation sites (N-methyl/N-ethyl adjacent to an activating group) is 1. The fraction of sp³-hybridized carbons (Fsp3) is 0.517. The largest absolute Gasteiger partial charge is 0.485 e. The molecule has 0 spiro atoms. The average molecular weight is 591 g/mol. The van der Waals surface area contributed by atoms with Crippen molar-refractivity contribution in [1.82, 2.24) is 15.1 Å². The molecule has 1 aliphatic heterocycles. The number of urea groups is 1. The van der Waals surface area contributed by atoms with Crippen molar-refractivity contribution in [1.29, 1.82) is 0 Å². The molecule has 3 N–H and O–H groups in total. The third-order valence-corrected chi connectivity index (χ3v) is 9.17. The summed E-state index contributed by atoms with van der Waals surface area (Å²) in [6.45, 7) is 3.78. The van der Waals surface area contributed by atoms with Crippen LogP contribution in [-0.4, -0.2) is 80.2 Å². The minimum absolute atomic E-state index is 0.0240. The number of anilines is 1. The van der Waals surface area contributed by atoms with Gasteiger partial charge in [0.2, 0.25) is 0 Å². The Bertz CT molecular complexity index is 1330. The van der Waals surface area contributed by atoms with Gasteiger partial charge in [-0.15, -0.1) is 0 Å². The molecule has 2 aromatic carbocycles. The van der Waals surface area contributed by atoms with Crippen LogP contribution in [0, 0.1) is 11.7 Å². The molecule has 1 saturated carbocycles. The van der Waals surface area contributed by atoms with Gasteiger partial charge < -0.3 is 25.0 Å². The van der Waals surface area contributed by atoms with Crippen LogP contribution in [0.25, 0.3) is 0 Å². The third-order valence-electron chi connectivity index (χ3n) is 7.79. The summed E-state index contributed by atoms with van der Waals surface area (Å²) in [7, 11) is -2.48. The van der Waals surface area contributed by atoms with Crippen LogP contribution in [0.3, 0.4) is 0 Å². The maximum atomic E-state index is 13.7. The molecule has 12 heteroatoms. The summed E-state index contributed by atoms with van der Waals surface area (Å²) in [5.41, 5.74) is 0.154. The van der Waals surface area contributed by atoms with Gasteiger partial charge in [-0.25, -0.2) is 17.6 Å². The van der Waals surface area contributed by atoms with Gasteiger partial charge in [-0.3, -0.25) is 9.52 Å². The predicted molar refractivity (Wildman–Crippen MR) is 153 cm³/mol. The van der Waals surface area contributed by atoms with E-state index in [1.807, 2.05) is 6.92 Å². The van der Waals surface area contributed by atoms with Gasteiger partial charge in [0.15, 0.2) is 5.75 Å². The number of fused-ring (bicyclic) bond motifs is 1. The highest BCUT2D eigenvalue weighted by Gasteiger charge is 2.35. The van der Waals surface area contributed by atoms with E-state index < -0.39 is 33.9 Å². The molecule has 0 aromatic heterocycles. The first-order chi connectivity index (χ1) is 19.5. The molecular formula is C29H39FN4O6S. The lowest BCUT2D eigenvalue weighted by Crippen LogP contribution is -2.52. The highest BCUT2D eigenvalue weighted by atomic mass is 32.2. The summed E-state index contributed by atoms with van der Waals surface area (Å²) in [5.74, 6) is -1.25. The molecule has 1 aliphatic carbocycles. The van der Waals surface area contributed by atoms with Crippen molar-refractivity contribution in [3.8, 4) is 5.75 Å². The highest BCUT2D eigenvalue weighted by molar-refractivity contribution is 7.92. The van der Waals surface area contributed by atoms with Crippen molar-refractivity contribution in [2.24, 2.45) is 5.92 Å². The van der Waals surface area contributed by atoms with Gasteiger partial charge in [0.25, 0.3) is 15.9 Å². The highest BCUT2D eigenvalue weighted by Crippen LogP contribution is 2.36. The van der Waals surface area contributed by atoms with Crippen LogP contribution in [0.4, 0.5) is 14.9 Å². The second kappa shape index (κ2) is 13.1. The summed E-state index contributed by atoms with van der Waals surface area (Å²) in [4.78, 5) is 29.6. The number of hydrogen-bond acceptors (Lipinski definition) is 6. The van der Waals surface area contributed by atoms with E-state index in [1.165, 1.54) is 24.6 Å². The SMILES string of the molecule is C[C@H]1CN([C@@H](C)CO)C(=O)c2cccc(NS(=O)(=O)c3ccc(F)cc3)c2O[C@H]1CN(C)C(=O)NC1CCCCC1. The fourth-order valence-electron chi connectivity index (χ4n) is 5.24.